The van der Waals surface area contributed by atoms with Crippen molar-refractivity contribution < 1.29 is 14.6 Å². The van der Waals surface area contributed by atoms with Crippen molar-refractivity contribution in [3.63, 3.8) is 0 Å². The first-order chi connectivity index (χ1) is 8.93. The molecule has 0 bridgehead atoms. The van der Waals surface area contributed by atoms with E-state index in [1.54, 1.807) is 6.07 Å². The monoisotopic (exact) mass is 267 g/mol. The first kappa shape index (κ1) is 15.2. The van der Waals surface area contributed by atoms with Gasteiger partial charge in [0.15, 0.2) is 0 Å². The zero-order chi connectivity index (χ0) is 14.3. The van der Waals surface area contributed by atoms with E-state index in [2.05, 4.69) is 15.3 Å². The van der Waals surface area contributed by atoms with E-state index in [1.807, 2.05) is 20.8 Å². The van der Waals surface area contributed by atoms with Crippen molar-refractivity contribution in [3.05, 3.63) is 12.4 Å². The minimum atomic E-state index is -0.801. The van der Waals surface area contributed by atoms with E-state index in [-0.39, 0.29) is 12.0 Å². The smallest absolute Gasteiger partial charge is 0.303 e. The van der Waals surface area contributed by atoms with Crippen molar-refractivity contribution >= 4 is 11.8 Å². The van der Waals surface area contributed by atoms with Crippen LogP contribution >= 0.6 is 0 Å². The Morgan fingerprint density at radius 2 is 2.21 bits per heavy atom. The quantitative estimate of drug-likeness (QED) is 0.752. The fourth-order valence-electron chi connectivity index (χ4n) is 1.52. The van der Waals surface area contributed by atoms with Gasteiger partial charge in [0.1, 0.15) is 12.1 Å². The summed E-state index contributed by atoms with van der Waals surface area (Å²) in [4.78, 5) is 18.7. The standard InChI is InChI=1S/C13H21N3O3/c1-4-7-19-11-8-10(14-9-15-11)16-13(2,3)6-5-12(17)18/h8-9H,4-7H2,1-3H3,(H,17,18)(H,14,15,16). The highest BCUT2D eigenvalue weighted by atomic mass is 16.5. The number of nitrogens with zero attached hydrogens (tertiary/aromatic N) is 2. The maximum atomic E-state index is 10.6. The van der Waals surface area contributed by atoms with Gasteiger partial charge in [0.2, 0.25) is 5.88 Å². The summed E-state index contributed by atoms with van der Waals surface area (Å²) >= 11 is 0. The number of aliphatic carboxylic acids is 1. The molecule has 1 aromatic heterocycles. The molecule has 0 aromatic carbocycles. The van der Waals surface area contributed by atoms with Crippen molar-refractivity contribution in [2.24, 2.45) is 0 Å². The Hall–Kier alpha value is -1.85. The van der Waals surface area contributed by atoms with Crippen LogP contribution in [0.15, 0.2) is 12.4 Å². The fourth-order valence-corrected chi connectivity index (χ4v) is 1.52. The molecule has 0 aliphatic heterocycles. The number of anilines is 1. The average Bonchev–Trinajstić information content (AvgIpc) is 2.34. The summed E-state index contributed by atoms with van der Waals surface area (Å²) in [5, 5.41) is 11.9. The van der Waals surface area contributed by atoms with Gasteiger partial charge in [0.05, 0.1) is 6.61 Å². The molecule has 0 saturated heterocycles. The molecule has 0 aliphatic carbocycles. The SMILES string of the molecule is CCCOc1cc(NC(C)(C)CCC(=O)O)ncn1. The normalized spacial score (nSPS) is 11.1. The number of hydrogen-bond donors (Lipinski definition) is 2. The molecule has 0 spiro atoms. The number of carboxylic acids is 1. The molecule has 0 amide bonds. The van der Waals surface area contributed by atoms with Crippen LogP contribution < -0.4 is 10.1 Å². The minimum Gasteiger partial charge on any atom is -0.481 e. The second-order valence-electron chi connectivity index (χ2n) is 4.99. The lowest BCUT2D eigenvalue weighted by molar-refractivity contribution is -0.137. The zero-order valence-electron chi connectivity index (χ0n) is 11.6. The lowest BCUT2D eigenvalue weighted by Crippen LogP contribution is -2.32. The van der Waals surface area contributed by atoms with Crippen LogP contribution in [0.2, 0.25) is 0 Å². The lowest BCUT2D eigenvalue weighted by atomic mass is 9.98. The fraction of sp³-hybridized carbons (Fsp3) is 0.615. The zero-order valence-corrected chi connectivity index (χ0v) is 11.6. The van der Waals surface area contributed by atoms with Gasteiger partial charge in [-0.15, -0.1) is 0 Å². The van der Waals surface area contributed by atoms with Gasteiger partial charge in [-0.3, -0.25) is 4.79 Å². The highest BCUT2D eigenvalue weighted by Crippen LogP contribution is 2.20. The van der Waals surface area contributed by atoms with Gasteiger partial charge in [-0.1, -0.05) is 6.92 Å². The number of carboxylic acid groups (broad SMARTS) is 1. The molecule has 0 saturated carbocycles. The van der Waals surface area contributed by atoms with E-state index in [9.17, 15) is 4.79 Å². The molecule has 2 N–H and O–H groups in total. The summed E-state index contributed by atoms with van der Waals surface area (Å²) < 4.78 is 5.42. The van der Waals surface area contributed by atoms with Crippen molar-refractivity contribution in [1.29, 1.82) is 0 Å². The summed E-state index contributed by atoms with van der Waals surface area (Å²) in [6, 6.07) is 1.72. The minimum absolute atomic E-state index is 0.115. The molecule has 0 atom stereocenters. The van der Waals surface area contributed by atoms with Crippen LogP contribution in [0.4, 0.5) is 5.82 Å². The number of aromatic nitrogens is 2. The second kappa shape index (κ2) is 6.92. The van der Waals surface area contributed by atoms with Gasteiger partial charge in [-0.05, 0) is 26.7 Å². The Balaban J connectivity index is 2.62. The van der Waals surface area contributed by atoms with Crippen LogP contribution in [0.25, 0.3) is 0 Å². The summed E-state index contributed by atoms with van der Waals surface area (Å²) in [7, 11) is 0. The van der Waals surface area contributed by atoms with E-state index in [0.717, 1.165) is 6.42 Å². The molecule has 6 heteroatoms. The van der Waals surface area contributed by atoms with Crippen molar-refractivity contribution in [2.75, 3.05) is 11.9 Å². The number of hydrogen-bond acceptors (Lipinski definition) is 5. The Bertz CT molecular complexity index is 421. The van der Waals surface area contributed by atoms with Gasteiger partial charge >= 0.3 is 5.97 Å². The number of carbonyl (C=O) groups is 1. The van der Waals surface area contributed by atoms with E-state index in [0.29, 0.717) is 24.7 Å². The Morgan fingerprint density at radius 1 is 1.47 bits per heavy atom. The summed E-state index contributed by atoms with van der Waals surface area (Å²) in [5.41, 5.74) is -0.352. The molecule has 1 aromatic rings. The first-order valence-corrected chi connectivity index (χ1v) is 6.38. The van der Waals surface area contributed by atoms with Crippen LogP contribution in [0.3, 0.4) is 0 Å². The molecule has 1 rings (SSSR count). The largest absolute Gasteiger partial charge is 0.481 e. The first-order valence-electron chi connectivity index (χ1n) is 6.38. The summed E-state index contributed by atoms with van der Waals surface area (Å²) in [5.74, 6) is 0.356. The molecule has 0 fully saturated rings. The summed E-state index contributed by atoms with van der Waals surface area (Å²) in [6.45, 7) is 6.50. The van der Waals surface area contributed by atoms with Gasteiger partial charge in [0.25, 0.3) is 0 Å². The van der Waals surface area contributed by atoms with E-state index >= 15 is 0 Å². The topological polar surface area (TPSA) is 84.3 Å². The summed E-state index contributed by atoms with van der Waals surface area (Å²) in [6.07, 6.45) is 2.97. The average molecular weight is 267 g/mol. The third-order valence-electron chi connectivity index (χ3n) is 2.53. The van der Waals surface area contributed by atoms with Gasteiger partial charge < -0.3 is 15.2 Å². The van der Waals surface area contributed by atoms with Crippen LogP contribution in [0, 0.1) is 0 Å². The third-order valence-corrected chi connectivity index (χ3v) is 2.53. The number of ether oxygens (including phenoxy) is 1. The van der Waals surface area contributed by atoms with Crippen molar-refractivity contribution in [1.82, 2.24) is 9.97 Å². The Morgan fingerprint density at radius 3 is 2.84 bits per heavy atom. The van der Waals surface area contributed by atoms with Gasteiger partial charge in [-0.2, -0.15) is 0 Å². The molecular formula is C13H21N3O3. The van der Waals surface area contributed by atoms with Gasteiger partial charge in [-0.25, -0.2) is 9.97 Å². The third kappa shape index (κ3) is 6.03. The molecule has 0 unspecified atom stereocenters. The molecule has 0 aliphatic rings. The van der Waals surface area contributed by atoms with E-state index in [4.69, 9.17) is 9.84 Å². The highest BCUT2D eigenvalue weighted by molar-refractivity contribution is 5.66. The molecule has 6 nitrogen and oxygen atoms in total. The predicted molar refractivity (Wildman–Crippen MR) is 72.4 cm³/mol. The van der Waals surface area contributed by atoms with Gasteiger partial charge in [0, 0.05) is 18.0 Å². The predicted octanol–water partition coefficient (Wildman–Crippen LogP) is 2.32. The van der Waals surface area contributed by atoms with Crippen LogP contribution in [-0.4, -0.2) is 33.2 Å². The number of nitrogens with one attached hydrogen (secondary N) is 1. The van der Waals surface area contributed by atoms with Crippen LogP contribution in [0.5, 0.6) is 5.88 Å². The van der Waals surface area contributed by atoms with E-state index < -0.39 is 5.97 Å². The molecule has 1 heterocycles. The van der Waals surface area contributed by atoms with Crippen LogP contribution in [-0.2, 0) is 4.79 Å². The second-order valence-corrected chi connectivity index (χ2v) is 4.99. The molecular weight excluding hydrogens is 246 g/mol. The molecule has 0 radical (unpaired) electrons. The molecule has 106 valence electrons. The molecule has 19 heavy (non-hydrogen) atoms. The Labute approximate surface area is 113 Å². The Kier molecular flexibility index (Phi) is 5.54. The van der Waals surface area contributed by atoms with Crippen molar-refractivity contribution in [3.8, 4) is 5.88 Å². The lowest BCUT2D eigenvalue weighted by Gasteiger charge is -2.26. The van der Waals surface area contributed by atoms with Crippen molar-refractivity contribution in [2.45, 2.75) is 45.6 Å². The number of rotatable bonds is 8. The highest BCUT2D eigenvalue weighted by Gasteiger charge is 2.19. The van der Waals surface area contributed by atoms with Crippen LogP contribution in [0.1, 0.15) is 40.0 Å². The maximum absolute atomic E-state index is 10.6. The van der Waals surface area contributed by atoms with E-state index in [1.165, 1.54) is 6.33 Å². The maximum Gasteiger partial charge on any atom is 0.303 e.